The Labute approximate surface area is 74.0 Å². The van der Waals surface area contributed by atoms with Crippen molar-refractivity contribution in [3.63, 3.8) is 0 Å². The van der Waals surface area contributed by atoms with Gasteiger partial charge >= 0.3 is 0 Å². The third-order valence-corrected chi connectivity index (χ3v) is 2.89. The second-order valence-electron chi connectivity index (χ2n) is 4.91. The highest BCUT2D eigenvalue weighted by molar-refractivity contribution is 4.88. The summed E-state index contributed by atoms with van der Waals surface area (Å²) >= 11 is 0. The van der Waals surface area contributed by atoms with Gasteiger partial charge in [0.2, 0.25) is 0 Å². The minimum atomic E-state index is -0.997. The molecule has 0 aromatic rings. The first-order chi connectivity index (χ1) is 5.43. The lowest BCUT2D eigenvalue weighted by Crippen LogP contribution is -2.41. The van der Waals surface area contributed by atoms with E-state index >= 15 is 0 Å². The smallest absolute Gasteiger partial charge is 0.126 e. The quantitative estimate of drug-likeness (QED) is 0.598. The van der Waals surface area contributed by atoms with Crippen LogP contribution >= 0.6 is 0 Å². The molecule has 72 valence electrons. The molecule has 2 heteroatoms. The van der Waals surface area contributed by atoms with E-state index in [-0.39, 0.29) is 11.3 Å². The van der Waals surface area contributed by atoms with E-state index in [2.05, 4.69) is 20.8 Å². The van der Waals surface area contributed by atoms with Crippen molar-refractivity contribution in [3.8, 4) is 0 Å². The molecule has 0 amide bonds. The molecule has 1 rings (SSSR count). The summed E-state index contributed by atoms with van der Waals surface area (Å²) in [6.07, 6.45) is 0.681. The molecule has 1 fully saturated rings. The van der Waals surface area contributed by atoms with E-state index in [9.17, 15) is 9.50 Å². The van der Waals surface area contributed by atoms with Crippen LogP contribution in [0, 0.1) is 11.3 Å². The summed E-state index contributed by atoms with van der Waals surface area (Å²) in [7, 11) is 0. The normalized spacial score (nSPS) is 38.2. The molecule has 1 N–H and O–H groups in total. The third kappa shape index (κ3) is 1.98. The fraction of sp³-hybridized carbons (Fsp3) is 1.00. The Morgan fingerprint density at radius 3 is 2.25 bits per heavy atom. The fourth-order valence-corrected chi connectivity index (χ4v) is 2.07. The van der Waals surface area contributed by atoms with Crippen molar-refractivity contribution in [2.75, 3.05) is 0 Å². The molecule has 3 atom stereocenters. The maximum absolute atomic E-state index is 13.1. The van der Waals surface area contributed by atoms with Crippen molar-refractivity contribution in [3.05, 3.63) is 0 Å². The maximum atomic E-state index is 13.1. The van der Waals surface area contributed by atoms with E-state index in [1.165, 1.54) is 0 Å². The summed E-state index contributed by atoms with van der Waals surface area (Å²) in [6.45, 7) is 6.21. The molecule has 1 aliphatic carbocycles. The predicted octanol–water partition coefficient (Wildman–Crippen LogP) is 2.53. The zero-order valence-corrected chi connectivity index (χ0v) is 8.18. The number of aliphatic hydroxyl groups excluding tert-OH is 1. The van der Waals surface area contributed by atoms with Crippen LogP contribution in [0.2, 0.25) is 0 Å². The molecule has 1 nitrogen and oxygen atoms in total. The largest absolute Gasteiger partial charge is 0.390 e. The number of rotatable bonds is 0. The molecule has 0 radical (unpaired) electrons. The summed E-state index contributed by atoms with van der Waals surface area (Å²) in [5, 5.41) is 9.60. The van der Waals surface area contributed by atoms with Gasteiger partial charge in [0.05, 0.1) is 6.10 Å². The van der Waals surface area contributed by atoms with Crippen LogP contribution in [0.3, 0.4) is 0 Å². The van der Waals surface area contributed by atoms with Gasteiger partial charge in [-0.3, -0.25) is 0 Å². The van der Waals surface area contributed by atoms with Gasteiger partial charge in [0.15, 0.2) is 0 Å². The highest BCUT2D eigenvalue weighted by atomic mass is 19.1. The van der Waals surface area contributed by atoms with E-state index in [0.29, 0.717) is 6.42 Å². The van der Waals surface area contributed by atoms with Crippen LogP contribution in [0.1, 0.15) is 40.0 Å². The van der Waals surface area contributed by atoms with E-state index < -0.39 is 12.3 Å². The van der Waals surface area contributed by atoms with Gasteiger partial charge in [-0.2, -0.15) is 0 Å². The van der Waals surface area contributed by atoms with Gasteiger partial charge in [0.25, 0.3) is 0 Å². The SMILES string of the molecule is CC(C)(C)C1CCCC(F)C1O. The Hall–Kier alpha value is -0.110. The summed E-state index contributed by atoms with van der Waals surface area (Å²) in [5.74, 6) is 0.126. The minimum Gasteiger partial charge on any atom is -0.390 e. The van der Waals surface area contributed by atoms with Gasteiger partial charge < -0.3 is 5.11 Å². The van der Waals surface area contributed by atoms with Crippen molar-refractivity contribution in [1.29, 1.82) is 0 Å². The Balaban J connectivity index is 2.64. The van der Waals surface area contributed by atoms with E-state index in [1.807, 2.05) is 0 Å². The number of halogens is 1. The number of hydrogen-bond acceptors (Lipinski definition) is 1. The van der Waals surface area contributed by atoms with Crippen molar-refractivity contribution in [1.82, 2.24) is 0 Å². The molecular formula is C10H19FO. The number of hydrogen-bond donors (Lipinski definition) is 1. The number of aliphatic hydroxyl groups is 1. The summed E-state index contributed by atoms with van der Waals surface area (Å²) in [5.41, 5.74) is 0.0319. The highest BCUT2D eigenvalue weighted by Gasteiger charge is 2.38. The van der Waals surface area contributed by atoms with Gasteiger partial charge in [0, 0.05) is 0 Å². The van der Waals surface area contributed by atoms with E-state index in [1.54, 1.807) is 0 Å². The molecule has 1 saturated carbocycles. The van der Waals surface area contributed by atoms with Crippen LogP contribution in [0.5, 0.6) is 0 Å². The monoisotopic (exact) mass is 174 g/mol. The maximum Gasteiger partial charge on any atom is 0.126 e. The first-order valence-corrected chi connectivity index (χ1v) is 4.75. The molecular weight excluding hydrogens is 155 g/mol. The van der Waals surface area contributed by atoms with Gasteiger partial charge in [-0.1, -0.05) is 27.2 Å². The molecule has 1 aliphatic rings. The lowest BCUT2D eigenvalue weighted by Gasteiger charge is -2.39. The molecule has 0 saturated heterocycles. The Morgan fingerprint density at radius 2 is 1.83 bits per heavy atom. The van der Waals surface area contributed by atoms with E-state index in [4.69, 9.17) is 0 Å². The van der Waals surface area contributed by atoms with Crippen LogP contribution in [0.25, 0.3) is 0 Å². The first kappa shape index (κ1) is 9.97. The lowest BCUT2D eigenvalue weighted by molar-refractivity contribution is -0.0429. The van der Waals surface area contributed by atoms with E-state index in [0.717, 1.165) is 12.8 Å². The van der Waals surface area contributed by atoms with Crippen LogP contribution in [0.15, 0.2) is 0 Å². The molecule has 0 aromatic heterocycles. The molecule has 0 aliphatic heterocycles. The van der Waals surface area contributed by atoms with Crippen molar-refractivity contribution < 1.29 is 9.50 Å². The van der Waals surface area contributed by atoms with Gasteiger partial charge in [-0.05, 0) is 24.2 Å². The van der Waals surface area contributed by atoms with Gasteiger partial charge in [-0.25, -0.2) is 4.39 Å². The molecule has 3 unspecified atom stereocenters. The molecule has 0 spiro atoms. The molecule has 12 heavy (non-hydrogen) atoms. The summed E-state index contributed by atoms with van der Waals surface area (Å²) in [6, 6.07) is 0. The predicted molar refractivity (Wildman–Crippen MR) is 47.7 cm³/mol. The fourth-order valence-electron chi connectivity index (χ4n) is 2.07. The highest BCUT2D eigenvalue weighted by Crippen LogP contribution is 2.38. The Bertz CT molecular complexity index is 150. The zero-order valence-electron chi connectivity index (χ0n) is 8.18. The van der Waals surface area contributed by atoms with Crippen molar-refractivity contribution in [2.24, 2.45) is 11.3 Å². The standard InChI is InChI=1S/C10H19FO/c1-10(2,3)7-5-4-6-8(11)9(7)12/h7-9,12H,4-6H2,1-3H3. The second kappa shape index (κ2) is 3.33. The van der Waals surface area contributed by atoms with Crippen LogP contribution in [0.4, 0.5) is 4.39 Å². The summed E-state index contributed by atoms with van der Waals surface area (Å²) < 4.78 is 13.1. The van der Waals surface area contributed by atoms with Crippen LogP contribution in [-0.2, 0) is 0 Å². The van der Waals surface area contributed by atoms with Crippen LogP contribution < -0.4 is 0 Å². The topological polar surface area (TPSA) is 20.2 Å². The summed E-state index contributed by atoms with van der Waals surface area (Å²) in [4.78, 5) is 0. The zero-order chi connectivity index (χ0) is 9.35. The van der Waals surface area contributed by atoms with Crippen molar-refractivity contribution in [2.45, 2.75) is 52.3 Å². The van der Waals surface area contributed by atoms with Crippen molar-refractivity contribution >= 4 is 0 Å². The Kier molecular flexibility index (Phi) is 2.77. The molecule has 0 bridgehead atoms. The first-order valence-electron chi connectivity index (χ1n) is 4.75. The average molecular weight is 174 g/mol. The average Bonchev–Trinajstić information content (AvgIpc) is 1.92. The second-order valence-corrected chi connectivity index (χ2v) is 4.91. The lowest BCUT2D eigenvalue weighted by atomic mass is 9.70. The van der Waals surface area contributed by atoms with Crippen LogP contribution in [-0.4, -0.2) is 17.4 Å². The minimum absolute atomic E-state index is 0.0319. The van der Waals surface area contributed by atoms with Gasteiger partial charge in [0.1, 0.15) is 6.17 Å². The molecule has 0 aromatic carbocycles. The number of alkyl halides is 1. The van der Waals surface area contributed by atoms with Gasteiger partial charge in [-0.15, -0.1) is 0 Å². The third-order valence-electron chi connectivity index (χ3n) is 2.89. The Morgan fingerprint density at radius 1 is 1.25 bits per heavy atom. The molecule has 0 heterocycles.